The number of benzene rings is 3. The zero-order chi connectivity index (χ0) is 23.5. The van der Waals surface area contributed by atoms with Gasteiger partial charge in [-0.05, 0) is 80.3 Å². The molecule has 0 spiro atoms. The molecule has 2 N–H and O–H groups in total. The topological polar surface area (TPSA) is 52.6 Å². The SMILES string of the molecule is CN(C1=Cc2c(c3ccccc3c3ccccc23)C1)C(C)(C(=O)O)C(C)(C)NC(C)(C)C. The highest BCUT2D eigenvalue weighted by molar-refractivity contribution is 6.13. The molecule has 1 unspecified atom stereocenters. The van der Waals surface area contributed by atoms with Crippen molar-refractivity contribution < 1.29 is 9.90 Å². The molecule has 0 saturated heterocycles. The number of allylic oxidation sites excluding steroid dienone is 1. The van der Waals surface area contributed by atoms with E-state index in [-0.39, 0.29) is 5.54 Å². The first-order valence-corrected chi connectivity index (χ1v) is 11.3. The third-order valence-corrected chi connectivity index (χ3v) is 7.18. The van der Waals surface area contributed by atoms with Crippen LogP contribution in [0.1, 0.15) is 52.7 Å². The summed E-state index contributed by atoms with van der Waals surface area (Å²) in [5.41, 5.74) is 1.44. The van der Waals surface area contributed by atoms with Crippen LogP contribution < -0.4 is 5.32 Å². The number of aliphatic carboxylic acids is 1. The molecule has 0 aliphatic heterocycles. The molecule has 0 heterocycles. The van der Waals surface area contributed by atoms with Crippen molar-refractivity contribution in [2.24, 2.45) is 0 Å². The summed E-state index contributed by atoms with van der Waals surface area (Å²) in [5.74, 6) is -0.840. The second-order valence-electron chi connectivity index (χ2n) is 10.7. The average Bonchev–Trinajstić information content (AvgIpc) is 3.16. The second kappa shape index (κ2) is 7.35. The van der Waals surface area contributed by atoms with Crippen LogP contribution in [0.15, 0.2) is 54.2 Å². The first-order chi connectivity index (χ1) is 14.9. The molecule has 4 rings (SSSR count). The van der Waals surface area contributed by atoms with Crippen LogP contribution in [0.4, 0.5) is 0 Å². The van der Waals surface area contributed by atoms with E-state index in [0.29, 0.717) is 6.42 Å². The van der Waals surface area contributed by atoms with E-state index in [9.17, 15) is 9.90 Å². The first-order valence-electron chi connectivity index (χ1n) is 11.3. The van der Waals surface area contributed by atoms with Crippen molar-refractivity contribution in [1.29, 1.82) is 0 Å². The summed E-state index contributed by atoms with van der Waals surface area (Å²) in [4.78, 5) is 14.7. The Hall–Kier alpha value is -2.85. The fourth-order valence-electron chi connectivity index (χ4n) is 5.39. The van der Waals surface area contributed by atoms with Crippen molar-refractivity contribution >= 4 is 33.6 Å². The van der Waals surface area contributed by atoms with E-state index >= 15 is 0 Å². The van der Waals surface area contributed by atoms with Crippen LogP contribution in [0.5, 0.6) is 0 Å². The van der Waals surface area contributed by atoms with E-state index in [1.165, 1.54) is 32.7 Å². The minimum Gasteiger partial charge on any atom is -0.479 e. The van der Waals surface area contributed by atoms with Crippen LogP contribution in [0.2, 0.25) is 0 Å². The minimum absolute atomic E-state index is 0.222. The number of nitrogens with zero attached hydrogens (tertiary/aromatic N) is 1. The maximum Gasteiger partial charge on any atom is 0.331 e. The third-order valence-electron chi connectivity index (χ3n) is 7.18. The lowest BCUT2D eigenvalue weighted by molar-refractivity contribution is -0.153. The summed E-state index contributed by atoms with van der Waals surface area (Å²) in [5, 5.41) is 18.9. The number of carboxylic acid groups (broad SMARTS) is 1. The van der Waals surface area contributed by atoms with Crippen LogP contribution >= 0.6 is 0 Å². The van der Waals surface area contributed by atoms with Gasteiger partial charge in [-0.3, -0.25) is 0 Å². The lowest BCUT2D eigenvalue weighted by Crippen LogP contribution is -2.71. The molecule has 0 amide bonds. The number of fused-ring (bicyclic) bond motifs is 6. The smallest absolute Gasteiger partial charge is 0.331 e. The summed E-state index contributed by atoms with van der Waals surface area (Å²) in [6, 6.07) is 17.0. The van der Waals surface area contributed by atoms with E-state index in [0.717, 1.165) is 5.70 Å². The fourth-order valence-corrected chi connectivity index (χ4v) is 5.39. The van der Waals surface area contributed by atoms with Crippen LogP contribution in [-0.2, 0) is 11.2 Å². The minimum atomic E-state index is -1.15. The predicted octanol–water partition coefficient (Wildman–Crippen LogP) is 5.83. The van der Waals surface area contributed by atoms with Gasteiger partial charge < -0.3 is 15.3 Å². The number of rotatable bonds is 5. The van der Waals surface area contributed by atoms with Gasteiger partial charge in [0, 0.05) is 30.2 Å². The summed E-state index contributed by atoms with van der Waals surface area (Å²) in [6.07, 6.45) is 2.91. The average molecular weight is 431 g/mol. The number of carbonyl (C=O) groups is 1. The van der Waals surface area contributed by atoms with E-state index in [2.05, 4.69) is 80.7 Å². The van der Waals surface area contributed by atoms with Gasteiger partial charge in [0.05, 0.1) is 0 Å². The van der Waals surface area contributed by atoms with Gasteiger partial charge >= 0.3 is 5.97 Å². The molecule has 168 valence electrons. The van der Waals surface area contributed by atoms with Gasteiger partial charge in [0.15, 0.2) is 5.54 Å². The Balaban J connectivity index is 1.86. The van der Waals surface area contributed by atoms with Crippen LogP contribution in [0.3, 0.4) is 0 Å². The van der Waals surface area contributed by atoms with Crippen molar-refractivity contribution in [1.82, 2.24) is 10.2 Å². The maximum atomic E-state index is 12.7. The summed E-state index contributed by atoms with van der Waals surface area (Å²) >= 11 is 0. The highest BCUT2D eigenvalue weighted by atomic mass is 16.4. The Morgan fingerprint density at radius 1 is 0.875 bits per heavy atom. The Morgan fingerprint density at radius 2 is 1.38 bits per heavy atom. The van der Waals surface area contributed by atoms with Gasteiger partial charge in [-0.15, -0.1) is 0 Å². The Kier molecular flexibility index (Phi) is 5.13. The molecule has 32 heavy (non-hydrogen) atoms. The highest BCUT2D eigenvalue weighted by Gasteiger charge is 2.52. The largest absolute Gasteiger partial charge is 0.479 e. The van der Waals surface area contributed by atoms with Crippen molar-refractivity contribution in [2.75, 3.05) is 7.05 Å². The number of hydrogen-bond acceptors (Lipinski definition) is 3. The van der Waals surface area contributed by atoms with Crippen molar-refractivity contribution in [3.63, 3.8) is 0 Å². The van der Waals surface area contributed by atoms with Crippen LogP contribution in [-0.4, -0.2) is 39.6 Å². The fraction of sp³-hybridized carbons (Fsp3) is 0.393. The molecule has 1 aliphatic carbocycles. The Morgan fingerprint density at radius 3 is 1.91 bits per heavy atom. The van der Waals surface area contributed by atoms with Gasteiger partial charge in [0.1, 0.15) is 0 Å². The molecule has 4 nitrogen and oxygen atoms in total. The maximum absolute atomic E-state index is 12.7. The zero-order valence-electron chi connectivity index (χ0n) is 20.2. The van der Waals surface area contributed by atoms with E-state index in [1.54, 1.807) is 0 Å². The van der Waals surface area contributed by atoms with Crippen molar-refractivity contribution in [2.45, 2.75) is 64.6 Å². The number of nitrogens with one attached hydrogen (secondary N) is 1. The number of hydrogen-bond donors (Lipinski definition) is 2. The molecule has 1 aliphatic rings. The molecule has 3 aromatic carbocycles. The van der Waals surface area contributed by atoms with Crippen LogP contribution in [0.25, 0.3) is 27.6 Å². The van der Waals surface area contributed by atoms with Crippen molar-refractivity contribution in [3.8, 4) is 0 Å². The highest BCUT2D eigenvalue weighted by Crippen LogP contribution is 2.42. The summed E-state index contributed by atoms with van der Waals surface area (Å²) in [7, 11) is 1.92. The van der Waals surface area contributed by atoms with E-state index < -0.39 is 17.0 Å². The van der Waals surface area contributed by atoms with E-state index in [1.807, 2.05) is 32.7 Å². The Labute approximate surface area is 190 Å². The summed E-state index contributed by atoms with van der Waals surface area (Å²) in [6.45, 7) is 12.0. The first kappa shape index (κ1) is 22.3. The zero-order valence-corrected chi connectivity index (χ0v) is 20.2. The third kappa shape index (κ3) is 3.38. The standard InChI is InChI=1S/C28H34N2O2/c1-26(2,3)29-27(4,5)28(6,25(31)32)30(7)18-16-23-21-14-10-8-12-19(21)20-13-9-11-15-22(20)24(23)17-18/h8-16,29H,17H2,1-7H3,(H,31,32). The molecule has 0 saturated carbocycles. The second-order valence-corrected chi connectivity index (χ2v) is 10.7. The molecule has 0 fully saturated rings. The number of likely N-dealkylation sites (N-methyl/N-ethyl adjacent to an activating group) is 1. The lowest BCUT2D eigenvalue weighted by atomic mass is 9.77. The molecule has 0 aromatic heterocycles. The number of carboxylic acids is 1. The van der Waals surface area contributed by atoms with Gasteiger partial charge in [0.2, 0.25) is 0 Å². The molecule has 1 atom stereocenters. The Bertz CT molecular complexity index is 1250. The quantitative estimate of drug-likeness (QED) is 0.500. The molecule has 0 radical (unpaired) electrons. The van der Waals surface area contributed by atoms with Gasteiger partial charge in [0.25, 0.3) is 0 Å². The normalized spacial score (nSPS) is 16.0. The molecule has 3 aromatic rings. The predicted molar refractivity (Wildman–Crippen MR) is 134 cm³/mol. The molecule has 4 heteroatoms. The van der Waals surface area contributed by atoms with Gasteiger partial charge in [-0.25, -0.2) is 4.79 Å². The molecular formula is C28H34N2O2. The van der Waals surface area contributed by atoms with Gasteiger partial charge in [-0.2, -0.15) is 0 Å². The van der Waals surface area contributed by atoms with Crippen molar-refractivity contribution in [3.05, 3.63) is 65.4 Å². The van der Waals surface area contributed by atoms with Gasteiger partial charge in [-0.1, -0.05) is 48.5 Å². The van der Waals surface area contributed by atoms with E-state index in [4.69, 9.17) is 0 Å². The lowest BCUT2D eigenvalue weighted by Gasteiger charge is -2.51. The van der Waals surface area contributed by atoms with Crippen LogP contribution in [0, 0.1) is 0 Å². The molecule has 0 bridgehead atoms. The monoisotopic (exact) mass is 430 g/mol. The molecular weight excluding hydrogens is 396 g/mol. The summed E-state index contributed by atoms with van der Waals surface area (Å²) < 4.78 is 0.